The summed E-state index contributed by atoms with van der Waals surface area (Å²) < 4.78 is 5.49. The molecular formula is C22H31N3O2. The van der Waals surface area contributed by atoms with Crippen LogP contribution in [0.3, 0.4) is 0 Å². The second-order valence-corrected chi connectivity index (χ2v) is 6.35. The minimum Gasteiger partial charge on any atom is -0.494 e. The molecule has 5 nitrogen and oxygen atoms in total. The second kappa shape index (κ2) is 11.2. The molecule has 0 saturated carbocycles. The zero-order valence-electron chi connectivity index (χ0n) is 16.6. The molecule has 2 rings (SSSR count). The first kappa shape index (κ1) is 20.8. The number of carbonyl (C=O) groups excluding carboxylic acids is 1. The predicted octanol–water partition coefficient (Wildman–Crippen LogP) is 3.93. The zero-order valence-corrected chi connectivity index (χ0v) is 16.6. The first-order chi connectivity index (χ1) is 13.2. The number of benzene rings is 2. The van der Waals surface area contributed by atoms with E-state index in [-0.39, 0.29) is 6.03 Å². The summed E-state index contributed by atoms with van der Waals surface area (Å²) in [5.74, 6) is 0.822. The van der Waals surface area contributed by atoms with Gasteiger partial charge in [-0.3, -0.25) is 4.90 Å². The van der Waals surface area contributed by atoms with Gasteiger partial charge in [0.25, 0.3) is 0 Å². The van der Waals surface area contributed by atoms with E-state index < -0.39 is 0 Å². The van der Waals surface area contributed by atoms with Crippen molar-refractivity contribution in [1.82, 2.24) is 15.5 Å². The lowest BCUT2D eigenvalue weighted by Gasteiger charge is -2.20. The highest BCUT2D eigenvalue weighted by atomic mass is 16.5. The predicted molar refractivity (Wildman–Crippen MR) is 110 cm³/mol. The van der Waals surface area contributed by atoms with Gasteiger partial charge in [-0.1, -0.05) is 50.2 Å². The summed E-state index contributed by atoms with van der Waals surface area (Å²) in [6.45, 7) is 10.8. The fraction of sp³-hybridized carbons (Fsp3) is 0.409. The number of hydrogen-bond donors (Lipinski definition) is 2. The fourth-order valence-corrected chi connectivity index (χ4v) is 2.90. The number of nitrogens with zero attached hydrogens (tertiary/aromatic N) is 1. The van der Waals surface area contributed by atoms with Gasteiger partial charge in [-0.2, -0.15) is 0 Å². The number of nitrogens with one attached hydrogen (secondary N) is 2. The van der Waals surface area contributed by atoms with E-state index in [1.807, 2.05) is 43.3 Å². The molecule has 27 heavy (non-hydrogen) atoms. The Bertz CT molecular complexity index is 714. The third-order valence-corrected chi connectivity index (χ3v) is 4.51. The van der Waals surface area contributed by atoms with Crippen LogP contribution in [0.5, 0.6) is 5.75 Å². The summed E-state index contributed by atoms with van der Waals surface area (Å²) in [4.78, 5) is 14.5. The van der Waals surface area contributed by atoms with Crippen molar-refractivity contribution in [3.8, 4) is 5.75 Å². The molecule has 0 aliphatic heterocycles. The Balaban J connectivity index is 1.86. The van der Waals surface area contributed by atoms with Crippen LogP contribution in [-0.4, -0.2) is 30.6 Å². The molecule has 146 valence electrons. The van der Waals surface area contributed by atoms with Gasteiger partial charge in [-0.25, -0.2) is 4.79 Å². The molecule has 0 aliphatic carbocycles. The maximum atomic E-state index is 12.2. The summed E-state index contributed by atoms with van der Waals surface area (Å²) in [6, 6.07) is 15.9. The van der Waals surface area contributed by atoms with Crippen LogP contribution < -0.4 is 15.4 Å². The van der Waals surface area contributed by atoms with Crippen LogP contribution in [0.1, 0.15) is 37.5 Å². The van der Waals surface area contributed by atoms with Crippen LogP contribution >= 0.6 is 0 Å². The average molecular weight is 370 g/mol. The van der Waals surface area contributed by atoms with Crippen LogP contribution in [0.4, 0.5) is 4.79 Å². The third-order valence-electron chi connectivity index (χ3n) is 4.51. The van der Waals surface area contributed by atoms with Gasteiger partial charge in [0.2, 0.25) is 0 Å². The Morgan fingerprint density at radius 1 is 0.926 bits per heavy atom. The van der Waals surface area contributed by atoms with Crippen molar-refractivity contribution in [3.05, 3.63) is 65.2 Å². The summed E-state index contributed by atoms with van der Waals surface area (Å²) in [5.41, 5.74) is 3.42. The molecule has 0 radical (unpaired) electrons. The Morgan fingerprint density at radius 2 is 1.63 bits per heavy atom. The summed E-state index contributed by atoms with van der Waals surface area (Å²) in [5, 5.41) is 5.86. The molecule has 2 aromatic carbocycles. The molecule has 0 atom stereocenters. The molecule has 2 aromatic rings. The van der Waals surface area contributed by atoms with E-state index >= 15 is 0 Å². The smallest absolute Gasteiger partial charge is 0.315 e. The maximum Gasteiger partial charge on any atom is 0.315 e. The third kappa shape index (κ3) is 6.94. The van der Waals surface area contributed by atoms with Crippen molar-refractivity contribution in [2.24, 2.45) is 0 Å². The number of hydrogen-bond acceptors (Lipinski definition) is 3. The fourth-order valence-electron chi connectivity index (χ4n) is 2.90. The molecule has 0 spiro atoms. The van der Waals surface area contributed by atoms with Crippen LogP contribution in [0.2, 0.25) is 0 Å². The van der Waals surface area contributed by atoms with Gasteiger partial charge in [0.05, 0.1) is 6.61 Å². The largest absolute Gasteiger partial charge is 0.494 e. The van der Waals surface area contributed by atoms with E-state index in [9.17, 15) is 4.79 Å². The van der Waals surface area contributed by atoms with Crippen molar-refractivity contribution in [2.45, 2.75) is 40.4 Å². The van der Waals surface area contributed by atoms with Gasteiger partial charge in [-0.15, -0.1) is 0 Å². The number of rotatable bonds is 10. The average Bonchev–Trinajstić information content (AvgIpc) is 2.70. The number of urea groups is 1. The van der Waals surface area contributed by atoms with Crippen LogP contribution in [0.25, 0.3) is 0 Å². The molecule has 0 fully saturated rings. The molecule has 5 heteroatoms. The summed E-state index contributed by atoms with van der Waals surface area (Å²) >= 11 is 0. The quantitative estimate of drug-likeness (QED) is 0.667. The van der Waals surface area contributed by atoms with Crippen molar-refractivity contribution in [1.29, 1.82) is 0 Å². The minimum absolute atomic E-state index is 0.172. The van der Waals surface area contributed by atoms with Gasteiger partial charge in [-0.05, 0) is 48.8 Å². The first-order valence-electron chi connectivity index (χ1n) is 9.68. The van der Waals surface area contributed by atoms with Crippen LogP contribution in [0.15, 0.2) is 48.5 Å². The molecule has 0 saturated heterocycles. The molecular weight excluding hydrogens is 338 g/mol. The number of ether oxygens (including phenoxy) is 1. The van der Waals surface area contributed by atoms with E-state index in [2.05, 4.69) is 41.5 Å². The highest BCUT2D eigenvalue weighted by Gasteiger charge is 2.08. The zero-order chi connectivity index (χ0) is 19.5. The first-order valence-corrected chi connectivity index (χ1v) is 9.68. The van der Waals surface area contributed by atoms with Gasteiger partial charge < -0.3 is 15.4 Å². The Kier molecular flexibility index (Phi) is 8.65. The maximum absolute atomic E-state index is 12.2. The molecule has 0 aliphatic rings. The van der Waals surface area contributed by atoms with Gasteiger partial charge in [0, 0.05) is 19.6 Å². The molecule has 0 aromatic heterocycles. The Hall–Kier alpha value is -2.53. The van der Waals surface area contributed by atoms with E-state index in [4.69, 9.17) is 4.74 Å². The number of carbonyl (C=O) groups is 1. The molecule has 2 N–H and O–H groups in total. The summed E-state index contributed by atoms with van der Waals surface area (Å²) in [6.07, 6.45) is 0. The molecule has 0 bridgehead atoms. The van der Waals surface area contributed by atoms with Gasteiger partial charge >= 0.3 is 6.03 Å². The standard InChI is InChI=1S/C22H31N3O2/c1-4-25(5-2)17-20-12-8-7-11-19(20)16-24-22(26)23-15-18-10-9-13-21(14-18)27-6-3/h7-14H,4-6,15-17H2,1-3H3,(H2,23,24,26). The lowest BCUT2D eigenvalue weighted by molar-refractivity contribution is 0.240. The normalized spacial score (nSPS) is 10.7. The lowest BCUT2D eigenvalue weighted by atomic mass is 10.1. The van der Waals surface area contributed by atoms with Crippen molar-refractivity contribution >= 4 is 6.03 Å². The van der Waals surface area contributed by atoms with Gasteiger partial charge in [0.15, 0.2) is 0 Å². The van der Waals surface area contributed by atoms with E-state index in [0.717, 1.165) is 36.5 Å². The highest BCUT2D eigenvalue weighted by molar-refractivity contribution is 5.73. The van der Waals surface area contributed by atoms with E-state index in [1.54, 1.807) is 0 Å². The number of amides is 2. The topological polar surface area (TPSA) is 53.6 Å². The monoisotopic (exact) mass is 369 g/mol. The van der Waals surface area contributed by atoms with Crippen molar-refractivity contribution in [2.75, 3.05) is 19.7 Å². The summed E-state index contributed by atoms with van der Waals surface area (Å²) in [7, 11) is 0. The minimum atomic E-state index is -0.172. The van der Waals surface area contributed by atoms with E-state index in [0.29, 0.717) is 19.7 Å². The molecule has 0 heterocycles. The van der Waals surface area contributed by atoms with Crippen molar-refractivity contribution in [3.63, 3.8) is 0 Å². The molecule has 2 amide bonds. The van der Waals surface area contributed by atoms with Crippen molar-refractivity contribution < 1.29 is 9.53 Å². The molecule has 0 unspecified atom stereocenters. The Morgan fingerprint density at radius 3 is 2.33 bits per heavy atom. The Labute approximate surface area is 162 Å². The van der Waals surface area contributed by atoms with Crippen LogP contribution in [-0.2, 0) is 19.6 Å². The highest BCUT2D eigenvalue weighted by Crippen LogP contribution is 2.13. The lowest BCUT2D eigenvalue weighted by Crippen LogP contribution is -2.35. The SMILES string of the molecule is CCOc1cccc(CNC(=O)NCc2ccccc2CN(CC)CC)c1. The van der Waals surface area contributed by atoms with E-state index in [1.165, 1.54) is 5.56 Å². The van der Waals surface area contributed by atoms with Gasteiger partial charge in [0.1, 0.15) is 5.75 Å². The van der Waals surface area contributed by atoms with Crippen LogP contribution in [0, 0.1) is 0 Å². The second-order valence-electron chi connectivity index (χ2n) is 6.35.